The second-order valence-electron chi connectivity index (χ2n) is 2.35. The van der Waals surface area contributed by atoms with Crippen LogP contribution >= 0.6 is 11.8 Å². The first-order chi connectivity index (χ1) is 6.43. The number of thioether (sulfide) groups is 1. The zero-order valence-corrected chi connectivity index (χ0v) is 8.46. The summed E-state index contributed by atoms with van der Waals surface area (Å²) in [6, 6.07) is 12.0. The van der Waals surface area contributed by atoms with E-state index in [1.807, 2.05) is 42.7 Å². The molecule has 70 valence electrons. The minimum absolute atomic E-state index is 0.774. The molecule has 1 aliphatic heterocycles. The number of benzene rings is 1. The highest BCUT2D eigenvalue weighted by molar-refractivity contribution is 8.12. The summed E-state index contributed by atoms with van der Waals surface area (Å²) in [4.78, 5) is 4.01. The van der Waals surface area contributed by atoms with E-state index in [1.54, 1.807) is 11.8 Å². The van der Waals surface area contributed by atoms with Crippen molar-refractivity contribution in [3.8, 4) is 0 Å². The van der Waals surface area contributed by atoms with Gasteiger partial charge in [-0.25, -0.2) is 4.99 Å². The summed E-state index contributed by atoms with van der Waals surface area (Å²) < 4.78 is 5.02. The van der Waals surface area contributed by atoms with Gasteiger partial charge in [0.1, 0.15) is 6.61 Å². The second kappa shape index (κ2) is 6.54. The highest BCUT2D eigenvalue weighted by Gasteiger charge is 2.02. The molecule has 13 heavy (non-hydrogen) atoms. The van der Waals surface area contributed by atoms with E-state index >= 15 is 0 Å². The summed E-state index contributed by atoms with van der Waals surface area (Å²) in [5.41, 5.74) is 0. The van der Waals surface area contributed by atoms with E-state index in [2.05, 4.69) is 4.99 Å². The predicted octanol–water partition coefficient (Wildman–Crippen LogP) is 2.42. The van der Waals surface area contributed by atoms with Crippen molar-refractivity contribution in [2.45, 2.75) is 0 Å². The Morgan fingerprint density at radius 1 is 1.15 bits per heavy atom. The van der Waals surface area contributed by atoms with Crippen LogP contribution in [0.15, 0.2) is 41.4 Å². The first-order valence-electron chi connectivity index (χ1n) is 4.15. The molecule has 0 spiro atoms. The summed E-state index contributed by atoms with van der Waals surface area (Å²) in [7, 11) is 0. The van der Waals surface area contributed by atoms with Crippen molar-refractivity contribution >= 4 is 17.0 Å². The van der Waals surface area contributed by atoms with Crippen molar-refractivity contribution < 1.29 is 4.74 Å². The average molecular weight is 195 g/mol. The molecular weight excluding hydrogens is 182 g/mol. The molecule has 1 aromatic carbocycles. The maximum absolute atomic E-state index is 5.02. The monoisotopic (exact) mass is 195 g/mol. The van der Waals surface area contributed by atoms with Crippen molar-refractivity contribution in [2.75, 3.05) is 19.4 Å². The molecule has 0 fully saturated rings. The molecule has 0 saturated heterocycles. The van der Waals surface area contributed by atoms with E-state index < -0.39 is 0 Å². The largest absolute Gasteiger partial charge is 0.471 e. The quantitative estimate of drug-likeness (QED) is 0.634. The zero-order valence-electron chi connectivity index (χ0n) is 7.64. The lowest BCUT2D eigenvalue weighted by atomic mass is 10.4. The van der Waals surface area contributed by atoms with Gasteiger partial charge in [-0.15, -0.1) is 0 Å². The lowest BCUT2D eigenvalue weighted by Gasteiger charge is -1.90. The van der Waals surface area contributed by atoms with E-state index in [1.165, 1.54) is 0 Å². The molecule has 1 aliphatic rings. The zero-order chi connectivity index (χ0) is 9.36. The number of rotatable bonds is 0. The van der Waals surface area contributed by atoms with Crippen molar-refractivity contribution in [1.29, 1.82) is 0 Å². The van der Waals surface area contributed by atoms with Gasteiger partial charge in [-0.1, -0.05) is 48.2 Å². The Balaban J connectivity index is 0.000000132. The fraction of sp³-hybridized carbons (Fsp3) is 0.300. The van der Waals surface area contributed by atoms with Crippen LogP contribution in [0.2, 0.25) is 0 Å². The van der Waals surface area contributed by atoms with E-state index in [9.17, 15) is 0 Å². The molecule has 0 radical (unpaired) electrons. The third kappa shape index (κ3) is 4.58. The molecule has 3 heteroatoms. The average Bonchev–Trinajstić information content (AvgIpc) is 2.74. The molecule has 0 N–H and O–H groups in total. The van der Waals surface area contributed by atoms with E-state index in [4.69, 9.17) is 4.74 Å². The Labute approximate surface area is 83.0 Å². The van der Waals surface area contributed by atoms with Gasteiger partial charge in [0.15, 0.2) is 0 Å². The standard InChI is InChI=1S/C6H6.C4H7NOS/c1-2-4-6-5-3-1;1-7-4-5-2-3-6-4/h1-6H;2-3H2,1H3. The van der Waals surface area contributed by atoms with Crippen molar-refractivity contribution in [3.05, 3.63) is 36.4 Å². The Morgan fingerprint density at radius 3 is 1.92 bits per heavy atom. The number of aliphatic imine (C=N–C) groups is 1. The maximum atomic E-state index is 5.02. The van der Waals surface area contributed by atoms with Crippen LogP contribution in [0.4, 0.5) is 0 Å². The van der Waals surface area contributed by atoms with Gasteiger partial charge in [0.25, 0.3) is 0 Å². The molecule has 0 saturated carbocycles. The lowest BCUT2D eigenvalue weighted by molar-refractivity contribution is 0.356. The number of nitrogens with zero attached hydrogens (tertiary/aromatic N) is 1. The van der Waals surface area contributed by atoms with Crippen LogP contribution in [0.3, 0.4) is 0 Å². The lowest BCUT2D eigenvalue weighted by Crippen LogP contribution is -1.89. The van der Waals surface area contributed by atoms with Crippen LogP contribution in [0, 0.1) is 0 Å². The first kappa shape index (κ1) is 10.1. The molecule has 1 heterocycles. The van der Waals surface area contributed by atoms with Crippen LogP contribution < -0.4 is 0 Å². The highest BCUT2D eigenvalue weighted by atomic mass is 32.2. The first-order valence-corrected chi connectivity index (χ1v) is 5.37. The molecule has 0 unspecified atom stereocenters. The number of hydrogen-bond donors (Lipinski definition) is 0. The summed E-state index contributed by atoms with van der Waals surface area (Å²) in [6.45, 7) is 1.62. The van der Waals surface area contributed by atoms with Crippen molar-refractivity contribution in [1.82, 2.24) is 0 Å². The highest BCUT2D eigenvalue weighted by Crippen LogP contribution is 2.04. The Morgan fingerprint density at radius 2 is 1.69 bits per heavy atom. The van der Waals surface area contributed by atoms with Crippen LogP contribution in [0.25, 0.3) is 0 Å². The molecule has 2 nitrogen and oxygen atoms in total. The van der Waals surface area contributed by atoms with Gasteiger partial charge in [-0.2, -0.15) is 0 Å². The van der Waals surface area contributed by atoms with Gasteiger partial charge in [0.2, 0.25) is 5.23 Å². The Hall–Kier alpha value is -0.960. The summed E-state index contributed by atoms with van der Waals surface area (Å²) >= 11 is 1.56. The van der Waals surface area contributed by atoms with Gasteiger partial charge in [0.05, 0.1) is 6.54 Å². The molecule has 1 aromatic rings. The van der Waals surface area contributed by atoms with Crippen LogP contribution in [-0.2, 0) is 4.74 Å². The summed E-state index contributed by atoms with van der Waals surface area (Å²) in [5.74, 6) is 0. The van der Waals surface area contributed by atoms with Crippen molar-refractivity contribution in [3.63, 3.8) is 0 Å². The molecule has 0 aliphatic carbocycles. The van der Waals surface area contributed by atoms with E-state index in [0.717, 1.165) is 18.4 Å². The van der Waals surface area contributed by atoms with Gasteiger partial charge >= 0.3 is 0 Å². The van der Waals surface area contributed by atoms with Crippen LogP contribution in [0.5, 0.6) is 0 Å². The summed E-state index contributed by atoms with van der Waals surface area (Å²) in [5, 5.41) is 0.833. The fourth-order valence-electron chi connectivity index (χ4n) is 0.824. The van der Waals surface area contributed by atoms with Crippen LogP contribution in [0.1, 0.15) is 0 Å². The minimum Gasteiger partial charge on any atom is -0.471 e. The third-order valence-electron chi connectivity index (χ3n) is 1.40. The Kier molecular flexibility index (Phi) is 5.10. The Bertz CT molecular complexity index is 222. The van der Waals surface area contributed by atoms with Crippen molar-refractivity contribution in [2.24, 2.45) is 4.99 Å². The topological polar surface area (TPSA) is 21.6 Å². The number of hydrogen-bond acceptors (Lipinski definition) is 3. The third-order valence-corrected chi connectivity index (χ3v) is 2.00. The fourth-order valence-corrected chi connectivity index (χ4v) is 1.25. The van der Waals surface area contributed by atoms with Gasteiger partial charge < -0.3 is 4.74 Å². The minimum atomic E-state index is 0.774. The van der Waals surface area contributed by atoms with Crippen LogP contribution in [-0.4, -0.2) is 24.6 Å². The van der Waals surface area contributed by atoms with Gasteiger partial charge in [0, 0.05) is 0 Å². The second-order valence-corrected chi connectivity index (χ2v) is 3.11. The smallest absolute Gasteiger partial charge is 0.245 e. The van der Waals surface area contributed by atoms with E-state index in [-0.39, 0.29) is 0 Å². The number of ether oxygens (including phenoxy) is 1. The predicted molar refractivity (Wildman–Crippen MR) is 58.2 cm³/mol. The molecule has 0 atom stereocenters. The molecule has 2 rings (SSSR count). The normalized spacial score (nSPS) is 13.8. The van der Waals surface area contributed by atoms with Gasteiger partial charge in [-0.05, 0) is 6.26 Å². The molecule has 0 aromatic heterocycles. The molecule has 0 amide bonds. The van der Waals surface area contributed by atoms with Gasteiger partial charge in [-0.3, -0.25) is 0 Å². The molecule has 0 bridgehead atoms. The summed E-state index contributed by atoms with van der Waals surface area (Å²) in [6.07, 6.45) is 1.96. The van der Waals surface area contributed by atoms with E-state index in [0.29, 0.717) is 0 Å². The maximum Gasteiger partial charge on any atom is 0.245 e. The SMILES string of the molecule is CSC1=NCCO1.c1ccccc1. The molecular formula is C10H13NOS.